The predicted molar refractivity (Wildman–Crippen MR) is 48.9 cm³/mol. The van der Waals surface area contributed by atoms with E-state index in [2.05, 4.69) is 0 Å². The molecule has 0 radical (unpaired) electrons. The summed E-state index contributed by atoms with van der Waals surface area (Å²) in [5, 5.41) is 10.5. The molecular formula is C10H9NO2. The van der Waals surface area contributed by atoms with Crippen LogP contribution in [0.25, 0.3) is 0 Å². The highest BCUT2D eigenvalue weighted by Crippen LogP contribution is 2.20. The summed E-state index contributed by atoms with van der Waals surface area (Å²) in [4.78, 5) is 10.2. The van der Waals surface area contributed by atoms with Crippen molar-refractivity contribution in [2.45, 2.75) is 12.8 Å². The van der Waals surface area contributed by atoms with Crippen molar-refractivity contribution in [2.75, 3.05) is 0 Å². The van der Waals surface area contributed by atoms with Crippen LogP contribution >= 0.6 is 0 Å². The average molecular weight is 175 g/mol. The molecule has 0 atom stereocenters. The van der Waals surface area contributed by atoms with Crippen molar-refractivity contribution in [2.24, 2.45) is 0 Å². The van der Waals surface area contributed by atoms with Gasteiger partial charge in [0.15, 0.2) is 0 Å². The molecule has 0 bridgehead atoms. The van der Waals surface area contributed by atoms with Gasteiger partial charge in [-0.2, -0.15) is 0 Å². The van der Waals surface area contributed by atoms with E-state index in [0.29, 0.717) is 18.5 Å². The third-order valence-corrected chi connectivity index (χ3v) is 2.28. The third kappa shape index (κ3) is 1.45. The summed E-state index contributed by atoms with van der Waals surface area (Å²) in [6.45, 7) is 0. The molecule has 0 spiro atoms. The normalized spacial score (nSPS) is 14.6. The molecular weight excluding hydrogens is 166 g/mol. The van der Waals surface area contributed by atoms with Crippen molar-refractivity contribution in [1.29, 1.82) is 0 Å². The number of hydrogen-bond acceptors (Lipinski definition) is 2. The number of nitrogens with zero attached hydrogens (tertiary/aromatic N) is 1. The zero-order valence-electron chi connectivity index (χ0n) is 7.06. The second-order valence-electron chi connectivity index (χ2n) is 3.10. The standard InChI is InChI=1S/C10H9NO2/c12-11(13)10-6-5-8-3-1-2-4-9(8)7-10/h1-4,6H,5,7H2. The van der Waals surface area contributed by atoms with Gasteiger partial charge in [0, 0.05) is 0 Å². The van der Waals surface area contributed by atoms with Crippen LogP contribution in [0.4, 0.5) is 0 Å². The number of nitro groups is 1. The van der Waals surface area contributed by atoms with Crippen LogP contribution in [0.5, 0.6) is 0 Å². The Morgan fingerprint density at radius 1 is 1.23 bits per heavy atom. The fraction of sp³-hybridized carbons (Fsp3) is 0.200. The fourth-order valence-corrected chi connectivity index (χ4v) is 1.56. The maximum Gasteiger partial charge on any atom is 0.246 e. The fourth-order valence-electron chi connectivity index (χ4n) is 1.56. The lowest BCUT2D eigenvalue weighted by atomic mass is 9.95. The van der Waals surface area contributed by atoms with Crippen LogP contribution in [-0.2, 0) is 12.8 Å². The summed E-state index contributed by atoms with van der Waals surface area (Å²) in [5.41, 5.74) is 2.60. The minimum Gasteiger partial charge on any atom is -0.259 e. The summed E-state index contributed by atoms with van der Waals surface area (Å²) in [6, 6.07) is 7.85. The summed E-state index contributed by atoms with van der Waals surface area (Å²) in [5.74, 6) is 0. The molecule has 1 aromatic rings. The van der Waals surface area contributed by atoms with E-state index in [1.807, 2.05) is 24.3 Å². The molecule has 13 heavy (non-hydrogen) atoms. The maximum atomic E-state index is 10.5. The molecule has 3 nitrogen and oxygen atoms in total. The van der Waals surface area contributed by atoms with Gasteiger partial charge in [-0.3, -0.25) is 10.1 Å². The van der Waals surface area contributed by atoms with Gasteiger partial charge in [0.1, 0.15) is 0 Å². The molecule has 0 fully saturated rings. The molecule has 3 heteroatoms. The van der Waals surface area contributed by atoms with Gasteiger partial charge < -0.3 is 0 Å². The number of rotatable bonds is 1. The number of benzene rings is 1. The molecule has 0 saturated heterocycles. The largest absolute Gasteiger partial charge is 0.259 e. The van der Waals surface area contributed by atoms with E-state index in [1.54, 1.807) is 6.08 Å². The van der Waals surface area contributed by atoms with Gasteiger partial charge in [-0.15, -0.1) is 0 Å². The number of allylic oxidation sites excluding steroid dienone is 2. The molecule has 0 N–H and O–H groups in total. The Kier molecular flexibility index (Phi) is 1.85. The minimum atomic E-state index is -0.296. The van der Waals surface area contributed by atoms with Gasteiger partial charge in [-0.05, 0) is 23.6 Å². The van der Waals surface area contributed by atoms with Crippen LogP contribution in [0.1, 0.15) is 11.1 Å². The van der Waals surface area contributed by atoms with Crippen LogP contribution < -0.4 is 0 Å². The lowest BCUT2D eigenvalue weighted by Crippen LogP contribution is -2.09. The summed E-state index contributed by atoms with van der Waals surface area (Å²) < 4.78 is 0. The second-order valence-corrected chi connectivity index (χ2v) is 3.10. The highest BCUT2D eigenvalue weighted by molar-refractivity contribution is 5.34. The van der Waals surface area contributed by atoms with E-state index in [4.69, 9.17) is 0 Å². The molecule has 0 unspecified atom stereocenters. The first kappa shape index (κ1) is 7.98. The number of hydrogen-bond donors (Lipinski definition) is 0. The van der Waals surface area contributed by atoms with Gasteiger partial charge in [0.25, 0.3) is 0 Å². The highest BCUT2D eigenvalue weighted by atomic mass is 16.6. The zero-order chi connectivity index (χ0) is 9.26. The van der Waals surface area contributed by atoms with Crippen LogP contribution in [-0.4, -0.2) is 4.92 Å². The second kappa shape index (κ2) is 3.01. The Bertz CT molecular complexity index is 382. The Balaban J connectivity index is 2.33. The first-order valence-electron chi connectivity index (χ1n) is 4.17. The molecule has 0 amide bonds. The lowest BCUT2D eigenvalue weighted by Gasteiger charge is -2.10. The zero-order valence-corrected chi connectivity index (χ0v) is 7.06. The molecule has 66 valence electrons. The SMILES string of the molecule is O=[N+]([O-])C1=CCc2ccccc2C1. The molecule has 1 aliphatic rings. The third-order valence-electron chi connectivity index (χ3n) is 2.28. The van der Waals surface area contributed by atoms with Gasteiger partial charge in [0.05, 0.1) is 11.3 Å². The van der Waals surface area contributed by atoms with Crippen LogP contribution in [0.2, 0.25) is 0 Å². The van der Waals surface area contributed by atoms with E-state index >= 15 is 0 Å². The van der Waals surface area contributed by atoms with Crippen molar-refractivity contribution >= 4 is 0 Å². The van der Waals surface area contributed by atoms with Gasteiger partial charge in [-0.1, -0.05) is 24.3 Å². The Labute approximate surface area is 75.8 Å². The van der Waals surface area contributed by atoms with Crippen molar-refractivity contribution in [3.8, 4) is 0 Å². The molecule has 0 aliphatic heterocycles. The van der Waals surface area contributed by atoms with Crippen LogP contribution in [0, 0.1) is 10.1 Å². The van der Waals surface area contributed by atoms with Gasteiger partial charge >= 0.3 is 0 Å². The van der Waals surface area contributed by atoms with E-state index in [1.165, 1.54) is 5.56 Å². The highest BCUT2D eigenvalue weighted by Gasteiger charge is 2.17. The first-order valence-corrected chi connectivity index (χ1v) is 4.17. The van der Waals surface area contributed by atoms with Crippen molar-refractivity contribution < 1.29 is 4.92 Å². The molecule has 2 rings (SSSR count). The monoisotopic (exact) mass is 175 g/mol. The van der Waals surface area contributed by atoms with Crippen molar-refractivity contribution in [3.63, 3.8) is 0 Å². The quantitative estimate of drug-likeness (QED) is 0.483. The molecule has 0 heterocycles. The van der Waals surface area contributed by atoms with E-state index in [0.717, 1.165) is 5.56 Å². The van der Waals surface area contributed by atoms with Crippen LogP contribution in [0.15, 0.2) is 36.0 Å². The maximum absolute atomic E-state index is 10.5. The minimum absolute atomic E-state index is 0.296. The Hall–Kier alpha value is -1.64. The Morgan fingerprint density at radius 2 is 1.92 bits per heavy atom. The van der Waals surface area contributed by atoms with Crippen molar-refractivity contribution in [1.82, 2.24) is 0 Å². The van der Waals surface area contributed by atoms with E-state index < -0.39 is 0 Å². The van der Waals surface area contributed by atoms with E-state index in [9.17, 15) is 10.1 Å². The molecule has 0 aromatic heterocycles. The Morgan fingerprint density at radius 3 is 2.62 bits per heavy atom. The van der Waals surface area contributed by atoms with Crippen LogP contribution in [0.3, 0.4) is 0 Å². The van der Waals surface area contributed by atoms with Gasteiger partial charge in [-0.25, -0.2) is 0 Å². The van der Waals surface area contributed by atoms with Gasteiger partial charge in [0.2, 0.25) is 5.70 Å². The average Bonchev–Trinajstić information content (AvgIpc) is 2.17. The lowest BCUT2D eigenvalue weighted by molar-refractivity contribution is -0.427. The molecule has 1 aliphatic carbocycles. The first-order chi connectivity index (χ1) is 6.27. The summed E-state index contributed by atoms with van der Waals surface area (Å²) in [7, 11) is 0. The smallest absolute Gasteiger partial charge is 0.246 e. The number of fused-ring (bicyclic) bond motifs is 1. The summed E-state index contributed by atoms with van der Waals surface area (Å²) in [6.07, 6.45) is 2.85. The molecule has 0 saturated carbocycles. The molecule has 1 aromatic carbocycles. The van der Waals surface area contributed by atoms with Crippen molar-refractivity contribution in [3.05, 3.63) is 57.3 Å². The summed E-state index contributed by atoms with van der Waals surface area (Å²) >= 11 is 0. The van der Waals surface area contributed by atoms with E-state index in [-0.39, 0.29) is 4.92 Å². The predicted octanol–water partition coefficient (Wildman–Crippen LogP) is 1.95. The topological polar surface area (TPSA) is 43.1 Å².